The van der Waals surface area contributed by atoms with Gasteiger partial charge < -0.3 is 20.1 Å². The molecule has 33 heavy (non-hydrogen) atoms. The number of amidine groups is 1. The van der Waals surface area contributed by atoms with Crippen LogP contribution < -0.4 is 10.8 Å². The first-order valence-corrected chi connectivity index (χ1v) is 10.7. The maximum absolute atomic E-state index is 12.4. The Bertz CT molecular complexity index is 1050. The van der Waals surface area contributed by atoms with Gasteiger partial charge in [0.05, 0.1) is 17.6 Å². The average Bonchev–Trinajstić information content (AvgIpc) is 3.07. The summed E-state index contributed by atoms with van der Waals surface area (Å²) in [5, 5.41) is 21.3. The molecule has 3 atom stereocenters. The zero-order valence-corrected chi connectivity index (χ0v) is 19.0. The van der Waals surface area contributed by atoms with Gasteiger partial charge in [-0.05, 0) is 63.8 Å². The summed E-state index contributed by atoms with van der Waals surface area (Å²) in [5.41, 5.74) is 0.832. The number of carbonyl (C=O) groups excluding carboxylic acids is 2. The Morgan fingerprint density at radius 3 is 2.42 bits per heavy atom. The van der Waals surface area contributed by atoms with Crippen molar-refractivity contribution >= 4 is 17.8 Å². The quantitative estimate of drug-likeness (QED) is 0.300. The zero-order valence-electron chi connectivity index (χ0n) is 19.0. The van der Waals surface area contributed by atoms with Gasteiger partial charge in [-0.2, -0.15) is 0 Å². The van der Waals surface area contributed by atoms with Crippen LogP contribution in [-0.2, 0) is 9.53 Å². The average molecular weight is 453 g/mol. The van der Waals surface area contributed by atoms with E-state index >= 15 is 0 Å². The van der Waals surface area contributed by atoms with Crippen LogP contribution in [0.15, 0.2) is 29.3 Å². The molecule has 1 aromatic carbocycles. The minimum absolute atomic E-state index is 0.108. The normalized spacial score (nSPS) is 20.7. The lowest BCUT2D eigenvalue weighted by molar-refractivity contribution is -0.136. The molecule has 2 amide bonds. The van der Waals surface area contributed by atoms with Crippen LogP contribution in [0.5, 0.6) is 0 Å². The van der Waals surface area contributed by atoms with Gasteiger partial charge in [0.2, 0.25) is 0 Å². The lowest BCUT2D eigenvalue weighted by Crippen LogP contribution is -2.57. The number of nitrogens with zero attached hydrogens (tertiary/aromatic N) is 2. The Balaban J connectivity index is 1.52. The third-order valence-electron chi connectivity index (χ3n) is 5.48. The van der Waals surface area contributed by atoms with E-state index in [1.54, 1.807) is 24.3 Å². The van der Waals surface area contributed by atoms with Crippen molar-refractivity contribution in [2.75, 3.05) is 13.1 Å². The number of ether oxygens (including phenoxy) is 1. The molecule has 1 saturated heterocycles. The summed E-state index contributed by atoms with van der Waals surface area (Å²) in [6.07, 6.45) is 0.108. The highest BCUT2D eigenvalue weighted by atomic mass is 16.5. The Morgan fingerprint density at radius 2 is 1.88 bits per heavy atom. The van der Waals surface area contributed by atoms with Crippen molar-refractivity contribution in [1.82, 2.24) is 15.7 Å². The molecule has 0 spiro atoms. The standard InChI is InChI=1S/C24H28N4O5/c1-15-16(2)33-23(25-15)28-13-18(14-28)8-6-5-7-17-9-11-19(12-10-17)21(29)26-20(22(30)27-32)24(3,4)31/h9-12,15-16,18,20,31-32H,13-14H2,1-4H3,(H,26,29)(H,27,30)/t15?,16?,20-/m1/s1. The highest BCUT2D eigenvalue weighted by Crippen LogP contribution is 2.21. The molecule has 9 nitrogen and oxygen atoms in total. The second-order valence-electron chi connectivity index (χ2n) is 8.71. The first kappa shape index (κ1) is 24.1. The van der Waals surface area contributed by atoms with Gasteiger partial charge >= 0.3 is 0 Å². The van der Waals surface area contributed by atoms with E-state index in [-0.39, 0.29) is 23.6 Å². The van der Waals surface area contributed by atoms with Gasteiger partial charge in [0.15, 0.2) is 0 Å². The Morgan fingerprint density at radius 1 is 1.21 bits per heavy atom. The van der Waals surface area contributed by atoms with E-state index in [0.29, 0.717) is 11.6 Å². The summed E-state index contributed by atoms with van der Waals surface area (Å²) in [4.78, 5) is 30.7. The van der Waals surface area contributed by atoms with E-state index in [9.17, 15) is 14.7 Å². The van der Waals surface area contributed by atoms with E-state index in [2.05, 4.69) is 38.9 Å². The summed E-state index contributed by atoms with van der Waals surface area (Å²) < 4.78 is 5.72. The van der Waals surface area contributed by atoms with Crippen molar-refractivity contribution in [3.05, 3.63) is 35.4 Å². The first-order valence-electron chi connectivity index (χ1n) is 10.7. The highest BCUT2D eigenvalue weighted by Gasteiger charge is 2.35. The fraction of sp³-hybridized carbons (Fsp3) is 0.458. The van der Waals surface area contributed by atoms with Crippen molar-refractivity contribution in [2.45, 2.75) is 51.5 Å². The molecule has 9 heteroatoms. The van der Waals surface area contributed by atoms with E-state index in [0.717, 1.165) is 13.1 Å². The van der Waals surface area contributed by atoms with Crippen LogP contribution in [0.1, 0.15) is 43.6 Å². The molecule has 2 unspecified atom stereocenters. The predicted molar refractivity (Wildman–Crippen MR) is 121 cm³/mol. The molecule has 2 aliphatic rings. The highest BCUT2D eigenvalue weighted by molar-refractivity contribution is 5.97. The van der Waals surface area contributed by atoms with Crippen molar-refractivity contribution in [1.29, 1.82) is 0 Å². The minimum atomic E-state index is -1.57. The summed E-state index contributed by atoms with van der Waals surface area (Å²) in [6.45, 7) is 8.30. The molecule has 2 heterocycles. The van der Waals surface area contributed by atoms with E-state index in [1.807, 2.05) is 13.8 Å². The maximum atomic E-state index is 12.4. The summed E-state index contributed by atoms with van der Waals surface area (Å²) in [5.74, 6) is 10.5. The third-order valence-corrected chi connectivity index (χ3v) is 5.48. The van der Waals surface area contributed by atoms with Gasteiger partial charge in [-0.3, -0.25) is 14.8 Å². The van der Waals surface area contributed by atoms with Gasteiger partial charge in [-0.25, -0.2) is 10.5 Å². The number of benzene rings is 1. The van der Waals surface area contributed by atoms with Gasteiger partial charge in [0, 0.05) is 24.2 Å². The SMILES string of the molecule is CC1N=C(N2CC(C#CC#Cc3ccc(C(=O)N[C@H](C(=O)NO)C(C)(C)O)cc3)C2)OC1C. The number of rotatable bonds is 4. The smallest absolute Gasteiger partial charge is 0.288 e. The van der Waals surface area contributed by atoms with Gasteiger partial charge in [-0.1, -0.05) is 11.8 Å². The largest absolute Gasteiger partial charge is 0.460 e. The summed E-state index contributed by atoms with van der Waals surface area (Å²) in [7, 11) is 0. The molecule has 4 N–H and O–H groups in total. The first-order chi connectivity index (χ1) is 15.6. The molecule has 0 bridgehead atoms. The van der Waals surface area contributed by atoms with Gasteiger partial charge in [0.1, 0.15) is 12.1 Å². The molecule has 0 radical (unpaired) electrons. The third kappa shape index (κ3) is 6.04. The summed E-state index contributed by atoms with van der Waals surface area (Å²) in [6, 6.07) is 5.99. The van der Waals surface area contributed by atoms with Crippen LogP contribution in [-0.4, -0.2) is 69.9 Å². The van der Waals surface area contributed by atoms with Crippen molar-refractivity contribution in [3.8, 4) is 23.7 Å². The van der Waals surface area contributed by atoms with E-state index in [1.165, 1.54) is 19.3 Å². The molecule has 0 aliphatic carbocycles. The molecule has 0 aromatic heterocycles. The second-order valence-corrected chi connectivity index (χ2v) is 8.71. The Kier molecular flexibility index (Phi) is 7.27. The predicted octanol–water partition coefficient (Wildman–Crippen LogP) is 0.511. The molecule has 174 valence electrons. The topological polar surface area (TPSA) is 123 Å². The molecule has 1 aromatic rings. The summed E-state index contributed by atoms with van der Waals surface area (Å²) >= 11 is 0. The number of hydroxylamine groups is 1. The number of hydrogen-bond donors (Lipinski definition) is 4. The van der Waals surface area contributed by atoms with Crippen molar-refractivity contribution in [3.63, 3.8) is 0 Å². The molecular formula is C24H28N4O5. The minimum Gasteiger partial charge on any atom is -0.460 e. The number of aliphatic hydroxyl groups is 1. The van der Waals surface area contributed by atoms with Gasteiger partial charge in [0.25, 0.3) is 17.8 Å². The van der Waals surface area contributed by atoms with Crippen LogP contribution in [0.4, 0.5) is 0 Å². The lowest BCUT2D eigenvalue weighted by atomic mass is 9.97. The maximum Gasteiger partial charge on any atom is 0.288 e. The molecule has 0 saturated carbocycles. The van der Waals surface area contributed by atoms with Crippen LogP contribution >= 0.6 is 0 Å². The van der Waals surface area contributed by atoms with Crippen molar-refractivity contribution in [2.24, 2.45) is 10.9 Å². The van der Waals surface area contributed by atoms with Crippen LogP contribution in [0, 0.1) is 29.6 Å². The fourth-order valence-corrected chi connectivity index (χ4v) is 3.25. The Hall–Kier alpha value is -3.53. The zero-order chi connectivity index (χ0) is 24.2. The number of amides is 2. The molecule has 2 aliphatic heterocycles. The molecular weight excluding hydrogens is 424 g/mol. The molecule has 1 fully saturated rings. The lowest BCUT2D eigenvalue weighted by Gasteiger charge is -2.36. The number of aliphatic imine (C=N–C) groups is 1. The van der Waals surface area contributed by atoms with E-state index < -0.39 is 23.5 Å². The number of hydrogen-bond acceptors (Lipinski definition) is 7. The number of carbonyl (C=O) groups is 2. The Labute approximate surface area is 193 Å². The van der Waals surface area contributed by atoms with Crippen LogP contribution in [0.2, 0.25) is 0 Å². The fourth-order valence-electron chi connectivity index (χ4n) is 3.25. The molecule has 3 rings (SSSR count). The number of likely N-dealkylation sites (tertiary alicyclic amines) is 1. The van der Waals surface area contributed by atoms with Gasteiger partial charge in [-0.15, -0.1) is 0 Å². The monoisotopic (exact) mass is 452 g/mol. The van der Waals surface area contributed by atoms with E-state index in [4.69, 9.17) is 9.94 Å². The second kappa shape index (κ2) is 9.95. The van der Waals surface area contributed by atoms with Crippen LogP contribution in [0.3, 0.4) is 0 Å². The van der Waals surface area contributed by atoms with Crippen LogP contribution in [0.25, 0.3) is 0 Å². The van der Waals surface area contributed by atoms with Crippen molar-refractivity contribution < 1.29 is 24.6 Å². The number of nitrogens with one attached hydrogen (secondary N) is 2.